The Bertz CT molecular complexity index is 832. The van der Waals surface area contributed by atoms with Crippen LogP contribution >= 0.6 is 0 Å². The fourth-order valence-electron chi connectivity index (χ4n) is 5.40. The SMILES string of the molecule is CCCCCCCCCCCCCCCCCCNC(=O)N(CC(COCCCCn1cc[n+](C)c1)OC(=O)NC)C(C)C. The van der Waals surface area contributed by atoms with E-state index in [1.165, 1.54) is 96.9 Å². The van der Waals surface area contributed by atoms with Crippen molar-refractivity contribution in [1.29, 1.82) is 0 Å². The predicted molar refractivity (Wildman–Crippen MR) is 180 cm³/mol. The molecule has 0 saturated heterocycles. The third-order valence-corrected chi connectivity index (χ3v) is 8.15. The zero-order chi connectivity index (χ0) is 32.3. The maximum atomic E-state index is 13.0. The first-order valence-corrected chi connectivity index (χ1v) is 17.9. The van der Waals surface area contributed by atoms with Crippen molar-refractivity contribution in [1.82, 2.24) is 20.1 Å². The second-order valence-electron chi connectivity index (χ2n) is 12.7. The number of hydrogen-bond acceptors (Lipinski definition) is 4. The van der Waals surface area contributed by atoms with E-state index in [2.05, 4.69) is 34.6 Å². The third-order valence-electron chi connectivity index (χ3n) is 8.15. The molecule has 0 radical (unpaired) electrons. The number of nitrogens with zero attached hydrogens (tertiary/aromatic N) is 3. The number of carbonyl (C=O) groups is 2. The quantitative estimate of drug-likeness (QED) is 0.0748. The highest BCUT2D eigenvalue weighted by molar-refractivity contribution is 5.74. The monoisotopic (exact) mass is 623 g/mol. The van der Waals surface area contributed by atoms with Gasteiger partial charge in [0.2, 0.25) is 6.33 Å². The maximum Gasteiger partial charge on any atom is 0.407 e. The number of amides is 3. The molecule has 9 nitrogen and oxygen atoms in total. The molecule has 3 amide bonds. The van der Waals surface area contributed by atoms with Gasteiger partial charge in [-0.25, -0.2) is 18.7 Å². The first-order valence-electron chi connectivity index (χ1n) is 17.9. The molecule has 0 bridgehead atoms. The van der Waals surface area contributed by atoms with Crippen LogP contribution in [0.1, 0.15) is 136 Å². The molecule has 0 saturated carbocycles. The summed E-state index contributed by atoms with van der Waals surface area (Å²) in [4.78, 5) is 26.7. The van der Waals surface area contributed by atoms with Gasteiger partial charge < -0.3 is 25.0 Å². The van der Waals surface area contributed by atoms with Gasteiger partial charge in [0.15, 0.2) is 0 Å². The van der Waals surface area contributed by atoms with Crippen LogP contribution in [0.25, 0.3) is 0 Å². The van der Waals surface area contributed by atoms with Crippen LogP contribution in [0.4, 0.5) is 9.59 Å². The number of hydrogen-bond donors (Lipinski definition) is 2. The summed E-state index contributed by atoms with van der Waals surface area (Å²) >= 11 is 0. The summed E-state index contributed by atoms with van der Waals surface area (Å²) in [6.07, 6.45) is 28.3. The lowest BCUT2D eigenvalue weighted by Gasteiger charge is -2.30. The Morgan fingerprint density at radius 3 is 1.91 bits per heavy atom. The van der Waals surface area contributed by atoms with Gasteiger partial charge in [0.1, 0.15) is 18.5 Å². The summed E-state index contributed by atoms with van der Waals surface area (Å²) in [6.45, 7) is 8.95. The summed E-state index contributed by atoms with van der Waals surface area (Å²) in [5, 5.41) is 5.58. The van der Waals surface area contributed by atoms with Crippen molar-refractivity contribution in [2.45, 2.75) is 155 Å². The largest absolute Gasteiger partial charge is 0.442 e. The number of aryl methyl sites for hydroxylation is 2. The van der Waals surface area contributed by atoms with Crippen molar-refractivity contribution >= 4 is 12.1 Å². The zero-order valence-corrected chi connectivity index (χ0v) is 29.1. The molecule has 1 aromatic rings. The number of rotatable bonds is 28. The number of ether oxygens (including phenoxy) is 2. The van der Waals surface area contributed by atoms with E-state index in [-0.39, 0.29) is 25.2 Å². The molecule has 0 aromatic carbocycles. The number of urea groups is 1. The second kappa shape index (κ2) is 27.1. The molecule has 2 N–H and O–H groups in total. The lowest BCUT2D eigenvalue weighted by atomic mass is 10.0. The highest BCUT2D eigenvalue weighted by Crippen LogP contribution is 2.14. The fourth-order valence-corrected chi connectivity index (χ4v) is 5.40. The van der Waals surface area contributed by atoms with Gasteiger partial charge in [-0.2, -0.15) is 0 Å². The summed E-state index contributed by atoms with van der Waals surface area (Å²) in [6, 6.07) is -0.147. The van der Waals surface area contributed by atoms with Crippen LogP contribution in [0, 0.1) is 0 Å². The predicted octanol–water partition coefficient (Wildman–Crippen LogP) is 7.52. The Labute approximate surface area is 269 Å². The van der Waals surface area contributed by atoms with E-state index in [1.807, 2.05) is 31.7 Å². The molecule has 0 aliphatic carbocycles. The molecule has 0 fully saturated rings. The van der Waals surface area contributed by atoms with Crippen molar-refractivity contribution in [2.75, 3.05) is 33.4 Å². The van der Waals surface area contributed by atoms with E-state index in [9.17, 15) is 9.59 Å². The number of unbranched alkanes of at least 4 members (excludes halogenated alkanes) is 16. The van der Waals surface area contributed by atoms with E-state index < -0.39 is 12.2 Å². The lowest BCUT2D eigenvalue weighted by Crippen LogP contribution is -2.49. The smallest absolute Gasteiger partial charge is 0.407 e. The van der Waals surface area contributed by atoms with E-state index in [1.54, 1.807) is 4.90 Å². The van der Waals surface area contributed by atoms with Crippen molar-refractivity contribution < 1.29 is 23.6 Å². The fraction of sp³-hybridized carbons (Fsp3) is 0.857. The first kappa shape index (κ1) is 39.7. The molecule has 9 heteroatoms. The molecule has 1 heterocycles. The Balaban J connectivity index is 2.17. The summed E-state index contributed by atoms with van der Waals surface area (Å²) in [5.41, 5.74) is 0. The molecule has 0 aliphatic heterocycles. The molecule has 0 aliphatic rings. The zero-order valence-electron chi connectivity index (χ0n) is 29.1. The maximum absolute atomic E-state index is 13.0. The Kier molecular flexibility index (Phi) is 24.4. The molecule has 256 valence electrons. The molecule has 0 spiro atoms. The van der Waals surface area contributed by atoms with Gasteiger partial charge in [-0.15, -0.1) is 0 Å². The van der Waals surface area contributed by atoms with E-state index in [0.29, 0.717) is 13.2 Å². The minimum atomic E-state index is -0.540. The van der Waals surface area contributed by atoms with Crippen molar-refractivity contribution in [3.05, 3.63) is 18.7 Å². The van der Waals surface area contributed by atoms with Gasteiger partial charge in [-0.05, 0) is 33.1 Å². The van der Waals surface area contributed by atoms with E-state index >= 15 is 0 Å². The first-order chi connectivity index (χ1) is 21.4. The van der Waals surface area contributed by atoms with Crippen molar-refractivity contribution in [3.8, 4) is 0 Å². The molecule has 44 heavy (non-hydrogen) atoms. The molecular formula is C35H68N5O4+. The van der Waals surface area contributed by atoms with Gasteiger partial charge in [-0.3, -0.25) is 0 Å². The van der Waals surface area contributed by atoms with Crippen LogP contribution in [0.3, 0.4) is 0 Å². The third kappa shape index (κ3) is 21.4. The molecule has 1 unspecified atom stereocenters. The number of nitrogens with one attached hydrogen (secondary N) is 2. The normalized spacial score (nSPS) is 12.0. The average molecular weight is 623 g/mol. The van der Waals surface area contributed by atoms with Gasteiger partial charge in [0, 0.05) is 26.2 Å². The number of alkyl carbamates (subject to hydrolysis) is 1. The van der Waals surface area contributed by atoms with Crippen LogP contribution in [0.5, 0.6) is 0 Å². The lowest BCUT2D eigenvalue weighted by molar-refractivity contribution is -0.671. The number of imidazole rings is 1. The average Bonchev–Trinajstić information content (AvgIpc) is 3.43. The van der Waals surface area contributed by atoms with Gasteiger partial charge in [0.25, 0.3) is 0 Å². The molecule has 1 aromatic heterocycles. The Morgan fingerprint density at radius 1 is 0.841 bits per heavy atom. The minimum absolute atomic E-state index is 0.0283. The van der Waals surface area contributed by atoms with Crippen molar-refractivity contribution in [3.63, 3.8) is 0 Å². The number of carbonyl (C=O) groups excluding carboxylic acids is 2. The summed E-state index contributed by atoms with van der Waals surface area (Å²) in [7, 11) is 3.54. The minimum Gasteiger partial charge on any atom is -0.442 e. The van der Waals surface area contributed by atoms with Gasteiger partial charge >= 0.3 is 12.1 Å². The highest BCUT2D eigenvalue weighted by Gasteiger charge is 2.24. The summed E-state index contributed by atoms with van der Waals surface area (Å²) in [5.74, 6) is 0. The van der Waals surface area contributed by atoms with Crippen LogP contribution in [0.15, 0.2) is 18.7 Å². The van der Waals surface area contributed by atoms with E-state index in [4.69, 9.17) is 9.47 Å². The van der Waals surface area contributed by atoms with Gasteiger partial charge in [0.05, 0.1) is 26.7 Å². The number of aromatic nitrogens is 2. The molecular weight excluding hydrogens is 554 g/mol. The standard InChI is InChI=1S/C35H67N5O4/c1-6-7-8-9-10-11-12-13-14-15-16-17-18-19-20-21-24-37-34(41)40(32(2)3)29-33(44-35(42)36-4)30-43-28-23-22-25-39-27-26-38(5)31-39/h26-27,31-33H,6-25,28-30H2,1-5H3,(H-,36,37,41,42)/p+1. The van der Waals surface area contributed by atoms with Gasteiger partial charge in [-0.1, -0.05) is 103 Å². The summed E-state index contributed by atoms with van der Waals surface area (Å²) < 4.78 is 15.6. The second-order valence-corrected chi connectivity index (χ2v) is 12.7. The molecule has 1 rings (SSSR count). The van der Waals surface area contributed by atoms with Crippen LogP contribution in [-0.4, -0.2) is 67.1 Å². The van der Waals surface area contributed by atoms with Crippen molar-refractivity contribution in [2.24, 2.45) is 7.05 Å². The topological polar surface area (TPSA) is 88.7 Å². The Hall–Kier alpha value is -2.29. The van der Waals surface area contributed by atoms with Crippen LogP contribution in [-0.2, 0) is 23.1 Å². The van der Waals surface area contributed by atoms with Crippen LogP contribution < -0.4 is 15.2 Å². The van der Waals surface area contributed by atoms with E-state index in [0.717, 1.165) is 32.2 Å². The Morgan fingerprint density at radius 2 is 1.41 bits per heavy atom. The molecule has 1 atom stereocenters. The van der Waals surface area contributed by atoms with Crippen LogP contribution in [0.2, 0.25) is 0 Å². The highest BCUT2D eigenvalue weighted by atomic mass is 16.6.